The lowest BCUT2D eigenvalue weighted by Crippen LogP contribution is -2.26. The maximum absolute atomic E-state index is 12.4. The van der Waals surface area contributed by atoms with Crippen LogP contribution in [0.3, 0.4) is 0 Å². The molecule has 2 aromatic heterocycles. The Balaban J connectivity index is 1.29. The quantitative estimate of drug-likeness (QED) is 0.521. The third kappa shape index (κ3) is 5.97. The third-order valence-corrected chi connectivity index (χ3v) is 5.27. The predicted octanol–water partition coefficient (Wildman–Crippen LogP) is 3.86. The normalized spacial score (nSPS) is 16.6. The Bertz CT molecular complexity index is 1050. The summed E-state index contributed by atoms with van der Waals surface area (Å²) in [7, 11) is 0. The van der Waals surface area contributed by atoms with E-state index in [0.29, 0.717) is 6.54 Å². The highest BCUT2D eigenvalue weighted by atomic mass is 19.3. The van der Waals surface area contributed by atoms with Gasteiger partial charge in [0.05, 0.1) is 18.8 Å². The largest absolute Gasteiger partial charge is 0.489 e. The maximum atomic E-state index is 12.4. The number of hydrogen-bond acceptors (Lipinski definition) is 7. The van der Waals surface area contributed by atoms with Gasteiger partial charge in [0.15, 0.2) is 13.0 Å². The molecule has 1 aliphatic heterocycles. The second kappa shape index (κ2) is 10.3. The molecule has 1 amide bonds. The average Bonchev–Trinajstić information content (AvgIpc) is 3.51. The Morgan fingerprint density at radius 3 is 2.85 bits per heavy atom. The van der Waals surface area contributed by atoms with Crippen LogP contribution >= 0.6 is 0 Å². The Hall–Kier alpha value is -3.69. The zero-order valence-corrected chi connectivity index (χ0v) is 18.0. The van der Waals surface area contributed by atoms with Crippen LogP contribution in [0.25, 0.3) is 0 Å². The number of alkyl halides is 2. The molecule has 3 heterocycles. The number of nitrogens with one attached hydrogen (secondary N) is 1. The van der Waals surface area contributed by atoms with Crippen LogP contribution in [0.1, 0.15) is 35.5 Å². The van der Waals surface area contributed by atoms with E-state index in [1.54, 1.807) is 12.3 Å². The van der Waals surface area contributed by atoms with Crippen molar-refractivity contribution in [3.63, 3.8) is 0 Å². The number of benzene rings is 1. The summed E-state index contributed by atoms with van der Waals surface area (Å²) in [6, 6.07) is 10.8. The molecule has 1 saturated heterocycles. The Morgan fingerprint density at radius 2 is 2.12 bits per heavy atom. The molecule has 33 heavy (non-hydrogen) atoms. The van der Waals surface area contributed by atoms with Gasteiger partial charge < -0.3 is 24.1 Å². The van der Waals surface area contributed by atoms with Gasteiger partial charge in [-0.3, -0.25) is 4.79 Å². The summed E-state index contributed by atoms with van der Waals surface area (Å²) in [5.41, 5.74) is 1.78. The fourth-order valence-corrected chi connectivity index (χ4v) is 3.59. The number of rotatable bonds is 9. The molecule has 3 aromatic rings. The van der Waals surface area contributed by atoms with Crippen molar-refractivity contribution in [1.82, 2.24) is 15.3 Å². The number of carbonyl (C=O) groups is 1. The molecule has 1 fully saturated rings. The van der Waals surface area contributed by atoms with Gasteiger partial charge in [-0.05, 0) is 30.7 Å². The van der Waals surface area contributed by atoms with Crippen LogP contribution in [0.5, 0.6) is 11.6 Å². The van der Waals surface area contributed by atoms with Crippen molar-refractivity contribution in [2.75, 3.05) is 24.6 Å². The Kier molecular flexibility index (Phi) is 7.01. The van der Waals surface area contributed by atoms with E-state index in [2.05, 4.69) is 20.2 Å². The molecule has 174 valence electrons. The predicted molar refractivity (Wildman–Crippen MR) is 116 cm³/mol. The van der Waals surface area contributed by atoms with Crippen molar-refractivity contribution in [3.05, 3.63) is 66.5 Å². The molecule has 0 saturated carbocycles. The molecule has 0 spiro atoms. The van der Waals surface area contributed by atoms with Gasteiger partial charge in [0.25, 0.3) is 12.3 Å². The third-order valence-electron chi connectivity index (χ3n) is 5.27. The van der Waals surface area contributed by atoms with Gasteiger partial charge >= 0.3 is 0 Å². The minimum absolute atomic E-state index is 0.0157. The topological polar surface area (TPSA) is 89.7 Å². The zero-order valence-electron chi connectivity index (χ0n) is 18.0. The monoisotopic (exact) mass is 458 g/mol. The van der Waals surface area contributed by atoms with E-state index in [0.717, 1.165) is 30.0 Å². The molecule has 1 N–H and O–H groups in total. The van der Waals surface area contributed by atoms with Crippen molar-refractivity contribution in [3.8, 4) is 11.6 Å². The summed E-state index contributed by atoms with van der Waals surface area (Å²) in [6.07, 6.45) is 2.39. The van der Waals surface area contributed by atoms with Crippen LogP contribution < -0.4 is 19.7 Å². The van der Waals surface area contributed by atoms with Gasteiger partial charge in [-0.25, -0.2) is 18.7 Å². The van der Waals surface area contributed by atoms with Crippen LogP contribution in [-0.4, -0.2) is 48.1 Å². The van der Waals surface area contributed by atoms with Gasteiger partial charge in [0.2, 0.25) is 11.6 Å². The van der Waals surface area contributed by atoms with Gasteiger partial charge in [-0.1, -0.05) is 12.1 Å². The summed E-state index contributed by atoms with van der Waals surface area (Å²) in [6.45, 7) is 2.63. The molecule has 0 bridgehead atoms. The number of ether oxygens (including phenoxy) is 2. The summed E-state index contributed by atoms with van der Waals surface area (Å²) in [5.74, 6) is 0.743. The van der Waals surface area contributed by atoms with E-state index < -0.39 is 13.0 Å². The zero-order chi connectivity index (χ0) is 23.2. The fourth-order valence-electron chi connectivity index (χ4n) is 3.59. The van der Waals surface area contributed by atoms with E-state index in [9.17, 15) is 13.6 Å². The highest BCUT2D eigenvalue weighted by Crippen LogP contribution is 2.26. The number of anilines is 1. The Morgan fingerprint density at radius 1 is 1.30 bits per heavy atom. The van der Waals surface area contributed by atoms with Crippen molar-refractivity contribution in [1.29, 1.82) is 0 Å². The van der Waals surface area contributed by atoms with Gasteiger partial charge in [-0.15, -0.1) is 0 Å². The van der Waals surface area contributed by atoms with E-state index in [4.69, 9.17) is 13.9 Å². The lowest BCUT2D eigenvalue weighted by Gasteiger charge is -2.20. The van der Waals surface area contributed by atoms with Gasteiger partial charge in [-0.2, -0.15) is 0 Å². The van der Waals surface area contributed by atoms with Crippen molar-refractivity contribution < 1.29 is 27.5 Å². The van der Waals surface area contributed by atoms with Gasteiger partial charge in [0.1, 0.15) is 11.9 Å². The highest BCUT2D eigenvalue weighted by Gasteiger charge is 2.25. The number of halogens is 2. The van der Waals surface area contributed by atoms with Crippen LogP contribution in [0.2, 0.25) is 0 Å². The second-order valence-corrected chi connectivity index (χ2v) is 7.66. The fraction of sp³-hybridized carbons (Fsp3) is 0.348. The van der Waals surface area contributed by atoms with Crippen molar-refractivity contribution in [2.24, 2.45) is 0 Å². The molecule has 2 atom stereocenters. The average molecular weight is 458 g/mol. The van der Waals surface area contributed by atoms with E-state index >= 15 is 0 Å². The molecule has 1 aliphatic rings. The van der Waals surface area contributed by atoms with E-state index in [1.165, 1.54) is 12.6 Å². The minimum atomic E-state index is -2.54. The second-order valence-electron chi connectivity index (χ2n) is 7.66. The smallest absolute Gasteiger partial charge is 0.289 e. The minimum Gasteiger partial charge on any atom is -0.489 e. The molecule has 4 rings (SSSR count). The first-order valence-electron chi connectivity index (χ1n) is 10.6. The van der Waals surface area contributed by atoms with Crippen LogP contribution in [0, 0.1) is 0 Å². The number of oxazole rings is 1. The number of carbonyl (C=O) groups excluding carboxylic acids is 1. The van der Waals surface area contributed by atoms with Crippen molar-refractivity contribution in [2.45, 2.75) is 31.9 Å². The molecular weight excluding hydrogens is 434 g/mol. The molecule has 10 heteroatoms. The highest BCUT2D eigenvalue weighted by molar-refractivity contribution is 5.91. The number of nitrogens with zero attached hydrogens (tertiary/aromatic N) is 3. The maximum Gasteiger partial charge on any atom is 0.289 e. The molecule has 0 aliphatic carbocycles. The number of amides is 1. The molecule has 0 radical (unpaired) electrons. The molecule has 8 nitrogen and oxygen atoms in total. The lowest BCUT2D eigenvalue weighted by molar-refractivity contribution is 0.0796. The lowest BCUT2D eigenvalue weighted by atomic mass is 10.1. The number of hydrogen-bond donors (Lipinski definition) is 1. The molecule has 1 aromatic carbocycles. The number of pyridine rings is 1. The van der Waals surface area contributed by atoms with Crippen LogP contribution in [-0.2, 0) is 0 Å². The van der Waals surface area contributed by atoms with E-state index in [1.807, 2.05) is 37.3 Å². The van der Waals surface area contributed by atoms with Crippen LogP contribution in [0.4, 0.5) is 14.5 Å². The first-order valence-corrected chi connectivity index (χ1v) is 10.6. The summed E-state index contributed by atoms with van der Waals surface area (Å²) >= 11 is 0. The standard InChI is InChI=1S/C23H24F2N4O4/c1-15(28-23(30)20-11-26-14-32-20)16-2-4-18(5-3-16)33-19-7-9-29(12-19)17-6-8-27-22(10-17)31-13-21(24)25/h2-6,8,10-11,14-15,19,21H,7,9,12-13H2,1H3,(H,28,30)/t15-,19?/m0/s1. The summed E-state index contributed by atoms with van der Waals surface area (Å²) in [5, 5.41) is 2.86. The van der Waals surface area contributed by atoms with Gasteiger partial charge in [0, 0.05) is 30.9 Å². The molecular formula is C23H24F2N4O4. The molecule has 1 unspecified atom stereocenters. The summed E-state index contributed by atoms with van der Waals surface area (Å²) in [4.78, 5) is 21.9. The summed E-state index contributed by atoms with van der Waals surface area (Å²) < 4.78 is 40.8. The SMILES string of the molecule is C[C@H](NC(=O)c1cnco1)c1ccc(OC2CCN(c3ccnc(OCC(F)F)c3)C2)cc1. The van der Waals surface area contributed by atoms with E-state index in [-0.39, 0.29) is 29.7 Å². The van der Waals surface area contributed by atoms with Crippen LogP contribution in [0.15, 0.2) is 59.6 Å². The Labute approximate surface area is 189 Å². The number of aromatic nitrogens is 2. The first-order chi connectivity index (χ1) is 16.0. The van der Waals surface area contributed by atoms with Crippen molar-refractivity contribution >= 4 is 11.6 Å². The first kappa shape index (κ1) is 22.5.